The fourth-order valence-electron chi connectivity index (χ4n) is 1.76. The number of anilines is 1. The number of carbonyl (C=O) groups is 2. The van der Waals surface area contributed by atoms with Crippen molar-refractivity contribution < 1.29 is 19.1 Å². The van der Waals surface area contributed by atoms with Crippen molar-refractivity contribution in [2.24, 2.45) is 0 Å². The first-order valence-electron chi connectivity index (χ1n) is 6.84. The zero-order valence-corrected chi connectivity index (χ0v) is 12.2. The maximum atomic E-state index is 11.6. The zero-order valence-electron chi connectivity index (χ0n) is 12.2. The van der Waals surface area contributed by atoms with E-state index < -0.39 is 11.9 Å². The van der Waals surface area contributed by atoms with Crippen LogP contribution in [0.4, 0.5) is 5.69 Å². The average Bonchev–Trinajstić information content (AvgIpc) is 2.53. The van der Waals surface area contributed by atoms with Crippen LogP contribution in [0.3, 0.4) is 0 Å². The van der Waals surface area contributed by atoms with Gasteiger partial charge >= 0.3 is 5.97 Å². The molecule has 1 amide bonds. The average molecular weight is 299 g/mol. The Morgan fingerprint density at radius 3 is 2.36 bits per heavy atom. The summed E-state index contributed by atoms with van der Waals surface area (Å²) in [6.07, 6.45) is 0. The number of amides is 1. The normalized spacial score (nSPS) is 9.86. The molecule has 0 aliphatic rings. The molecular formula is C17H17NO4. The van der Waals surface area contributed by atoms with Crippen molar-refractivity contribution in [1.82, 2.24) is 0 Å². The van der Waals surface area contributed by atoms with Gasteiger partial charge in [-0.15, -0.1) is 0 Å². The Balaban J connectivity index is 1.71. The highest BCUT2D eigenvalue weighted by Gasteiger charge is 2.09. The van der Waals surface area contributed by atoms with E-state index in [9.17, 15) is 9.59 Å². The molecule has 0 aliphatic carbocycles. The summed E-state index contributed by atoms with van der Waals surface area (Å²) >= 11 is 0. The summed E-state index contributed by atoms with van der Waals surface area (Å²) in [5.41, 5.74) is 1.58. The molecule has 2 rings (SSSR count). The van der Waals surface area contributed by atoms with Crippen LogP contribution in [-0.4, -0.2) is 25.1 Å². The number of para-hydroxylation sites is 2. The van der Waals surface area contributed by atoms with Crippen LogP contribution in [0, 0.1) is 6.92 Å². The van der Waals surface area contributed by atoms with E-state index >= 15 is 0 Å². The summed E-state index contributed by atoms with van der Waals surface area (Å²) in [4.78, 5) is 23.2. The number of nitrogens with one attached hydrogen (secondary N) is 1. The Hall–Kier alpha value is -2.82. The molecule has 0 spiro atoms. The van der Waals surface area contributed by atoms with E-state index in [0.29, 0.717) is 11.4 Å². The monoisotopic (exact) mass is 299 g/mol. The van der Waals surface area contributed by atoms with Gasteiger partial charge in [0.2, 0.25) is 0 Å². The van der Waals surface area contributed by atoms with E-state index in [4.69, 9.17) is 9.47 Å². The number of benzene rings is 2. The first-order chi connectivity index (χ1) is 10.6. The quantitative estimate of drug-likeness (QED) is 0.833. The lowest BCUT2D eigenvalue weighted by molar-refractivity contribution is -0.149. The maximum absolute atomic E-state index is 11.6. The van der Waals surface area contributed by atoms with Gasteiger partial charge in [-0.1, -0.05) is 36.4 Å². The van der Waals surface area contributed by atoms with E-state index in [-0.39, 0.29) is 13.2 Å². The second-order valence-corrected chi connectivity index (χ2v) is 4.63. The van der Waals surface area contributed by atoms with Crippen molar-refractivity contribution in [2.45, 2.75) is 6.92 Å². The number of esters is 1. The molecule has 0 bridgehead atoms. The zero-order chi connectivity index (χ0) is 15.8. The molecule has 0 fully saturated rings. The standard InChI is InChI=1S/C17H17NO4/c1-13-7-5-6-10-15(13)21-12-17(20)22-11-16(19)18-14-8-3-2-4-9-14/h2-10H,11-12H2,1H3,(H,18,19). The molecule has 0 heterocycles. The van der Waals surface area contributed by atoms with Crippen LogP contribution >= 0.6 is 0 Å². The van der Waals surface area contributed by atoms with Crippen LogP contribution in [0.1, 0.15) is 5.56 Å². The number of rotatable bonds is 6. The Bertz CT molecular complexity index is 640. The lowest BCUT2D eigenvalue weighted by Gasteiger charge is -2.09. The molecule has 0 radical (unpaired) electrons. The first kappa shape index (κ1) is 15.6. The fraction of sp³-hybridized carbons (Fsp3) is 0.176. The van der Waals surface area contributed by atoms with Crippen molar-refractivity contribution in [3.05, 3.63) is 60.2 Å². The van der Waals surface area contributed by atoms with Crippen LogP contribution in [0.5, 0.6) is 5.75 Å². The van der Waals surface area contributed by atoms with Crippen LogP contribution in [0.2, 0.25) is 0 Å². The van der Waals surface area contributed by atoms with Crippen molar-refractivity contribution in [3.63, 3.8) is 0 Å². The van der Waals surface area contributed by atoms with Crippen LogP contribution in [0.25, 0.3) is 0 Å². The second-order valence-electron chi connectivity index (χ2n) is 4.63. The summed E-state index contributed by atoms with van der Waals surface area (Å²) < 4.78 is 10.2. The molecule has 5 nitrogen and oxygen atoms in total. The molecular weight excluding hydrogens is 282 g/mol. The van der Waals surface area contributed by atoms with Crippen LogP contribution in [0.15, 0.2) is 54.6 Å². The Morgan fingerprint density at radius 1 is 0.955 bits per heavy atom. The van der Waals surface area contributed by atoms with Crippen LogP contribution < -0.4 is 10.1 Å². The highest BCUT2D eigenvalue weighted by Crippen LogP contribution is 2.15. The number of hydrogen-bond donors (Lipinski definition) is 1. The molecule has 0 unspecified atom stereocenters. The molecule has 0 aromatic heterocycles. The van der Waals surface area contributed by atoms with E-state index in [2.05, 4.69) is 5.32 Å². The van der Waals surface area contributed by atoms with Crippen molar-refractivity contribution in [1.29, 1.82) is 0 Å². The Morgan fingerprint density at radius 2 is 1.64 bits per heavy atom. The van der Waals surface area contributed by atoms with Gasteiger partial charge in [-0.25, -0.2) is 4.79 Å². The molecule has 0 aliphatic heterocycles. The minimum Gasteiger partial charge on any atom is -0.482 e. The molecule has 114 valence electrons. The summed E-state index contributed by atoms with van der Waals surface area (Å²) in [5, 5.41) is 2.62. The van der Waals surface area contributed by atoms with Gasteiger partial charge in [0.25, 0.3) is 5.91 Å². The van der Waals surface area contributed by atoms with Gasteiger partial charge in [-0.05, 0) is 30.7 Å². The predicted molar refractivity (Wildman–Crippen MR) is 82.7 cm³/mol. The van der Waals surface area contributed by atoms with Gasteiger partial charge in [0.05, 0.1) is 0 Å². The number of aryl methyl sites for hydroxylation is 1. The van der Waals surface area contributed by atoms with E-state index in [0.717, 1.165) is 5.56 Å². The lowest BCUT2D eigenvalue weighted by Crippen LogP contribution is -2.23. The van der Waals surface area contributed by atoms with Crippen LogP contribution in [-0.2, 0) is 14.3 Å². The van der Waals surface area contributed by atoms with Gasteiger partial charge in [-0.3, -0.25) is 4.79 Å². The maximum Gasteiger partial charge on any atom is 0.344 e. The SMILES string of the molecule is Cc1ccccc1OCC(=O)OCC(=O)Nc1ccccc1. The van der Waals surface area contributed by atoms with Crippen molar-refractivity contribution in [3.8, 4) is 5.75 Å². The second kappa shape index (κ2) is 7.83. The highest BCUT2D eigenvalue weighted by atomic mass is 16.6. The lowest BCUT2D eigenvalue weighted by atomic mass is 10.2. The third-order valence-corrected chi connectivity index (χ3v) is 2.86. The smallest absolute Gasteiger partial charge is 0.344 e. The molecule has 22 heavy (non-hydrogen) atoms. The topological polar surface area (TPSA) is 64.6 Å². The van der Waals surface area contributed by atoms with Gasteiger partial charge in [0.15, 0.2) is 13.2 Å². The largest absolute Gasteiger partial charge is 0.482 e. The first-order valence-corrected chi connectivity index (χ1v) is 6.84. The minimum atomic E-state index is -0.591. The summed E-state index contributed by atoms with van der Waals surface area (Å²) in [6, 6.07) is 16.3. The van der Waals surface area contributed by atoms with Gasteiger partial charge in [0, 0.05) is 5.69 Å². The molecule has 0 atom stereocenters. The number of ether oxygens (including phenoxy) is 2. The van der Waals surface area contributed by atoms with E-state index in [1.54, 1.807) is 30.3 Å². The molecule has 1 N–H and O–H groups in total. The summed E-state index contributed by atoms with van der Waals surface area (Å²) in [5.74, 6) is -0.366. The number of carbonyl (C=O) groups excluding carboxylic acids is 2. The minimum absolute atomic E-state index is 0.233. The Labute approximate surface area is 128 Å². The van der Waals surface area contributed by atoms with Crippen molar-refractivity contribution >= 4 is 17.6 Å². The van der Waals surface area contributed by atoms with Gasteiger partial charge in [0.1, 0.15) is 5.75 Å². The fourth-order valence-corrected chi connectivity index (χ4v) is 1.76. The van der Waals surface area contributed by atoms with E-state index in [1.165, 1.54) is 0 Å². The third kappa shape index (κ3) is 4.94. The van der Waals surface area contributed by atoms with Crippen molar-refractivity contribution in [2.75, 3.05) is 18.5 Å². The summed E-state index contributed by atoms with van der Waals surface area (Å²) in [6.45, 7) is 1.31. The van der Waals surface area contributed by atoms with Gasteiger partial charge < -0.3 is 14.8 Å². The highest BCUT2D eigenvalue weighted by molar-refractivity contribution is 5.92. The molecule has 5 heteroatoms. The number of hydrogen-bond acceptors (Lipinski definition) is 4. The third-order valence-electron chi connectivity index (χ3n) is 2.86. The predicted octanol–water partition coefficient (Wildman–Crippen LogP) is 2.56. The molecule has 0 saturated heterocycles. The van der Waals surface area contributed by atoms with Gasteiger partial charge in [-0.2, -0.15) is 0 Å². The summed E-state index contributed by atoms with van der Waals surface area (Å²) in [7, 11) is 0. The molecule has 0 saturated carbocycles. The molecule has 2 aromatic rings. The molecule has 2 aromatic carbocycles. The van der Waals surface area contributed by atoms with E-state index in [1.807, 2.05) is 31.2 Å². The Kier molecular flexibility index (Phi) is 5.54.